The summed E-state index contributed by atoms with van der Waals surface area (Å²) in [5, 5.41) is 3.02. The van der Waals surface area contributed by atoms with Crippen LogP contribution in [0.5, 0.6) is 0 Å². The van der Waals surface area contributed by atoms with Crippen molar-refractivity contribution in [3.05, 3.63) is 64.5 Å². The number of fused-ring (bicyclic) bond motifs is 1. The van der Waals surface area contributed by atoms with Crippen LogP contribution in [-0.4, -0.2) is 34.9 Å². The normalized spacial score (nSPS) is 17.9. The number of amides is 1. The van der Waals surface area contributed by atoms with Gasteiger partial charge in [0.25, 0.3) is 5.91 Å². The summed E-state index contributed by atoms with van der Waals surface area (Å²) in [7, 11) is 0. The molecule has 0 atom stereocenters. The Labute approximate surface area is 155 Å². The van der Waals surface area contributed by atoms with Gasteiger partial charge in [0.15, 0.2) is 0 Å². The molecule has 4 heteroatoms. The van der Waals surface area contributed by atoms with Crippen LogP contribution in [0.25, 0.3) is 0 Å². The average Bonchev–Trinajstić information content (AvgIpc) is 2.81. The topological polar surface area (TPSA) is 45.2 Å². The smallest absolute Gasteiger partial charge is 0.253 e. The van der Waals surface area contributed by atoms with E-state index >= 15 is 0 Å². The second-order valence-electron chi connectivity index (χ2n) is 7.66. The second-order valence-corrected chi connectivity index (χ2v) is 7.66. The molecule has 1 saturated carbocycles. The molecule has 26 heavy (non-hydrogen) atoms. The van der Waals surface area contributed by atoms with Crippen molar-refractivity contribution in [2.45, 2.75) is 51.6 Å². The first kappa shape index (κ1) is 17.2. The third-order valence-corrected chi connectivity index (χ3v) is 5.79. The van der Waals surface area contributed by atoms with E-state index in [0.29, 0.717) is 12.1 Å². The molecule has 2 heterocycles. The molecule has 0 radical (unpaired) electrons. The molecular formula is C22H27N3O. The van der Waals surface area contributed by atoms with E-state index in [-0.39, 0.29) is 5.91 Å². The standard InChI is InChI=1S/C22H27N3O/c1-16-11-20(15-23-13-16)22(26)24-14-17-5-6-18-7-9-25(21-3-2-4-21)10-8-19(18)12-17/h5-6,11-13,15,21H,2-4,7-10,14H2,1H3,(H,24,26). The van der Waals surface area contributed by atoms with Gasteiger partial charge in [0, 0.05) is 38.1 Å². The van der Waals surface area contributed by atoms with Gasteiger partial charge < -0.3 is 5.32 Å². The number of hydrogen-bond donors (Lipinski definition) is 1. The summed E-state index contributed by atoms with van der Waals surface area (Å²) in [5.41, 5.74) is 5.73. The van der Waals surface area contributed by atoms with Crippen LogP contribution in [0.1, 0.15) is 51.9 Å². The molecule has 0 unspecified atom stereocenters. The maximum absolute atomic E-state index is 12.3. The monoisotopic (exact) mass is 349 g/mol. The van der Waals surface area contributed by atoms with Gasteiger partial charge in [0.1, 0.15) is 0 Å². The van der Waals surface area contributed by atoms with Crippen molar-refractivity contribution >= 4 is 5.91 Å². The minimum absolute atomic E-state index is 0.0627. The zero-order valence-electron chi connectivity index (χ0n) is 15.5. The Morgan fingerprint density at radius 1 is 1.15 bits per heavy atom. The number of aryl methyl sites for hydroxylation is 1. The molecule has 2 aliphatic rings. The number of carbonyl (C=O) groups excluding carboxylic acids is 1. The van der Waals surface area contributed by atoms with E-state index in [1.54, 1.807) is 12.4 Å². The summed E-state index contributed by atoms with van der Waals surface area (Å²) in [6.07, 6.45) is 9.80. The summed E-state index contributed by atoms with van der Waals surface area (Å²) in [6, 6.07) is 9.40. The van der Waals surface area contributed by atoms with Crippen molar-refractivity contribution < 1.29 is 4.79 Å². The highest BCUT2D eigenvalue weighted by atomic mass is 16.1. The number of aromatic nitrogens is 1. The van der Waals surface area contributed by atoms with Gasteiger partial charge in [-0.1, -0.05) is 24.6 Å². The molecule has 1 N–H and O–H groups in total. The largest absolute Gasteiger partial charge is 0.348 e. The fourth-order valence-corrected chi connectivity index (χ4v) is 3.99. The van der Waals surface area contributed by atoms with Crippen LogP contribution in [0.4, 0.5) is 0 Å². The molecule has 1 aromatic heterocycles. The van der Waals surface area contributed by atoms with Gasteiger partial charge in [0.05, 0.1) is 5.56 Å². The number of rotatable bonds is 4. The Morgan fingerprint density at radius 2 is 1.96 bits per heavy atom. The van der Waals surface area contributed by atoms with Crippen molar-refractivity contribution in [1.82, 2.24) is 15.2 Å². The van der Waals surface area contributed by atoms with Crippen molar-refractivity contribution in [2.24, 2.45) is 0 Å². The molecule has 0 spiro atoms. The first-order valence-corrected chi connectivity index (χ1v) is 9.73. The number of carbonyl (C=O) groups is 1. The summed E-state index contributed by atoms with van der Waals surface area (Å²) in [6.45, 7) is 4.87. The van der Waals surface area contributed by atoms with E-state index in [1.807, 2.05) is 13.0 Å². The molecule has 136 valence electrons. The van der Waals surface area contributed by atoms with Gasteiger partial charge in [0.2, 0.25) is 0 Å². The van der Waals surface area contributed by atoms with E-state index in [2.05, 4.69) is 33.4 Å². The first-order valence-electron chi connectivity index (χ1n) is 9.73. The number of hydrogen-bond acceptors (Lipinski definition) is 3. The van der Waals surface area contributed by atoms with Gasteiger partial charge >= 0.3 is 0 Å². The molecule has 1 aliphatic carbocycles. The third-order valence-electron chi connectivity index (χ3n) is 5.79. The van der Waals surface area contributed by atoms with Crippen molar-refractivity contribution in [3.8, 4) is 0 Å². The zero-order valence-corrected chi connectivity index (χ0v) is 15.5. The third kappa shape index (κ3) is 3.80. The molecule has 1 fully saturated rings. The highest BCUT2D eigenvalue weighted by Crippen LogP contribution is 2.27. The highest BCUT2D eigenvalue weighted by Gasteiger charge is 2.26. The fourth-order valence-electron chi connectivity index (χ4n) is 3.99. The van der Waals surface area contributed by atoms with Gasteiger partial charge in [-0.15, -0.1) is 0 Å². The number of nitrogens with one attached hydrogen (secondary N) is 1. The van der Waals surface area contributed by atoms with Crippen LogP contribution in [0.3, 0.4) is 0 Å². The summed E-state index contributed by atoms with van der Waals surface area (Å²) >= 11 is 0. The van der Waals surface area contributed by atoms with E-state index in [9.17, 15) is 4.79 Å². The lowest BCUT2D eigenvalue weighted by atomic mass is 9.91. The summed E-state index contributed by atoms with van der Waals surface area (Å²) in [5.74, 6) is -0.0627. The lowest BCUT2D eigenvalue weighted by molar-refractivity contribution is 0.0950. The Morgan fingerprint density at radius 3 is 2.69 bits per heavy atom. The Balaban J connectivity index is 1.38. The lowest BCUT2D eigenvalue weighted by Crippen LogP contribution is -2.41. The molecule has 0 saturated heterocycles. The van der Waals surface area contributed by atoms with Crippen LogP contribution in [0.2, 0.25) is 0 Å². The predicted octanol–water partition coefficient (Wildman–Crippen LogP) is 3.27. The molecule has 4 rings (SSSR count). The first-order chi connectivity index (χ1) is 12.7. The van der Waals surface area contributed by atoms with E-state index < -0.39 is 0 Å². The quantitative estimate of drug-likeness (QED) is 0.921. The van der Waals surface area contributed by atoms with Crippen LogP contribution >= 0.6 is 0 Å². The Hall–Kier alpha value is -2.20. The predicted molar refractivity (Wildman–Crippen MR) is 103 cm³/mol. The fraction of sp³-hybridized carbons (Fsp3) is 0.455. The maximum Gasteiger partial charge on any atom is 0.253 e. The number of benzene rings is 1. The van der Waals surface area contributed by atoms with E-state index in [4.69, 9.17) is 0 Å². The van der Waals surface area contributed by atoms with Gasteiger partial charge in [-0.05, 0) is 60.9 Å². The van der Waals surface area contributed by atoms with E-state index in [0.717, 1.165) is 24.4 Å². The maximum atomic E-state index is 12.3. The van der Waals surface area contributed by atoms with Crippen LogP contribution in [0, 0.1) is 6.92 Å². The van der Waals surface area contributed by atoms with Crippen molar-refractivity contribution in [2.75, 3.05) is 13.1 Å². The molecular weight excluding hydrogens is 322 g/mol. The second kappa shape index (κ2) is 7.58. The average molecular weight is 349 g/mol. The van der Waals surface area contributed by atoms with Crippen LogP contribution in [-0.2, 0) is 19.4 Å². The van der Waals surface area contributed by atoms with E-state index in [1.165, 1.54) is 49.0 Å². The van der Waals surface area contributed by atoms with Gasteiger partial charge in [-0.25, -0.2) is 0 Å². The van der Waals surface area contributed by atoms with Crippen LogP contribution in [0.15, 0.2) is 36.7 Å². The highest BCUT2D eigenvalue weighted by molar-refractivity contribution is 5.93. The minimum atomic E-state index is -0.0627. The summed E-state index contributed by atoms with van der Waals surface area (Å²) in [4.78, 5) is 19.1. The molecule has 1 amide bonds. The minimum Gasteiger partial charge on any atom is -0.348 e. The lowest BCUT2D eigenvalue weighted by Gasteiger charge is -2.36. The number of pyridine rings is 1. The Kier molecular flexibility index (Phi) is 5.02. The zero-order chi connectivity index (χ0) is 17.9. The molecule has 4 nitrogen and oxygen atoms in total. The Bertz CT molecular complexity index is 798. The molecule has 2 aromatic rings. The van der Waals surface area contributed by atoms with Crippen LogP contribution < -0.4 is 5.32 Å². The molecule has 1 aromatic carbocycles. The van der Waals surface area contributed by atoms with Crippen molar-refractivity contribution in [1.29, 1.82) is 0 Å². The molecule has 1 aliphatic heterocycles. The van der Waals surface area contributed by atoms with Gasteiger partial charge in [-0.2, -0.15) is 0 Å². The number of nitrogens with zero attached hydrogens (tertiary/aromatic N) is 2. The van der Waals surface area contributed by atoms with Crippen molar-refractivity contribution in [3.63, 3.8) is 0 Å². The summed E-state index contributed by atoms with van der Waals surface area (Å²) < 4.78 is 0. The van der Waals surface area contributed by atoms with Gasteiger partial charge in [-0.3, -0.25) is 14.7 Å². The molecule has 0 bridgehead atoms. The SMILES string of the molecule is Cc1cncc(C(=O)NCc2ccc3c(c2)CCN(C2CCC2)CC3)c1.